The van der Waals surface area contributed by atoms with Crippen LogP contribution in [0.15, 0.2) is 121 Å². The average Bonchev–Trinajstić information content (AvgIpc) is 2.85. The smallest absolute Gasteiger partial charge is 0.134 e. The fourth-order valence-corrected chi connectivity index (χ4v) is 4.46. The van der Waals surface area contributed by atoms with Gasteiger partial charge in [-0.1, -0.05) is 121 Å². The summed E-state index contributed by atoms with van der Waals surface area (Å²) >= 11 is 0. The van der Waals surface area contributed by atoms with Crippen LogP contribution in [-0.2, 0) is 5.60 Å². The molecule has 2 heteroatoms. The molecule has 0 radical (unpaired) electrons. The molecule has 0 amide bonds. The van der Waals surface area contributed by atoms with E-state index in [1.165, 1.54) is 5.56 Å². The van der Waals surface area contributed by atoms with Crippen LogP contribution in [0, 0.1) is 0 Å². The summed E-state index contributed by atoms with van der Waals surface area (Å²) in [5, 5.41) is 12.6. The van der Waals surface area contributed by atoms with E-state index in [2.05, 4.69) is 55.3 Å². The molecule has 0 fully saturated rings. The van der Waals surface area contributed by atoms with Crippen molar-refractivity contribution in [1.82, 2.24) is 4.90 Å². The first-order valence-corrected chi connectivity index (χ1v) is 10.8. The molecule has 2 atom stereocenters. The fourth-order valence-electron chi connectivity index (χ4n) is 4.46. The summed E-state index contributed by atoms with van der Waals surface area (Å²) in [4.78, 5) is 2.28. The van der Waals surface area contributed by atoms with E-state index >= 15 is 0 Å². The number of nitrogens with zero attached hydrogens (tertiary/aromatic N) is 1. The van der Waals surface area contributed by atoms with E-state index < -0.39 is 5.60 Å². The summed E-state index contributed by atoms with van der Waals surface area (Å²) in [5.41, 5.74) is 2.81. The number of likely N-dealkylation sites (N-methyl/N-ethyl adjacent to an activating group) is 1. The minimum atomic E-state index is -1.23. The normalized spacial score (nSPS) is 13.7. The monoisotopic (exact) mass is 407 g/mol. The number of hydrogen-bond acceptors (Lipinski definition) is 2. The lowest BCUT2D eigenvalue weighted by molar-refractivity contribution is -0.0270. The maximum atomic E-state index is 12.6. The van der Waals surface area contributed by atoms with Crippen LogP contribution in [0.5, 0.6) is 0 Å². The molecule has 1 unspecified atom stereocenters. The van der Waals surface area contributed by atoms with Gasteiger partial charge in [0.2, 0.25) is 0 Å². The Kier molecular flexibility index (Phi) is 6.31. The minimum Gasteiger partial charge on any atom is -0.378 e. The third kappa shape index (κ3) is 4.18. The van der Waals surface area contributed by atoms with E-state index in [0.29, 0.717) is 0 Å². The summed E-state index contributed by atoms with van der Waals surface area (Å²) in [6.07, 6.45) is 0. The number of aliphatic hydroxyl groups is 1. The molecular weight excluding hydrogens is 378 g/mol. The predicted octanol–water partition coefficient (Wildman–Crippen LogP) is 6.36. The first-order chi connectivity index (χ1) is 15.1. The van der Waals surface area contributed by atoms with Gasteiger partial charge in [-0.2, -0.15) is 0 Å². The number of hydrogen-bond donors (Lipinski definition) is 1. The molecule has 0 saturated heterocycles. The van der Waals surface area contributed by atoms with Gasteiger partial charge in [-0.3, -0.25) is 4.90 Å². The Bertz CT molecular complexity index is 1030. The molecule has 4 aromatic rings. The summed E-state index contributed by atoms with van der Waals surface area (Å²) in [7, 11) is 2.10. The van der Waals surface area contributed by atoms with Crippen molar-refractivity contribution in [2.45, 2.75) is 24.6 Å². The van der Waals surface area contributed by atoms with Crippen LogP contribution in [0.4, 0.5) is 0 Å². The predicted molar refractivity (Wildman–Crippen MR) is 128 cm³/mol. The van der Waals surface area contributed by atoms with Crippen molar-refractivity contribution in [3.05, 3.63) is 144 Å². The maximum absolute atomic E-state index is 12.6. The lowest BCUT2D eigenvalue weighted by atomic mass is 9.76. The molecule has 4 aromatic carbocycles. The van der Waals surface area contributed by atoms with Gasteiger partial charge in [0, 0.05) is 6.04 Å². The lowest BCUT2D eigenvalue weighted by Crippen LogP contribution is -2.44. The standard InChI is InChI=1S/C29H29NO/c1-23(24-15-7-3-8-16-24)30(2)28(25-17-9-4-10-18-25)29(31,26-19-11-5-12-20-26)27-21-13-6-14-22-27/h3-23,28,31H,1-2H3/t23-,28?/m0/s1. The molecule has 0 bridgehead atoms. The SMILES string of the molecule is C[C@@H](c1ccccc1)N(C)C(c1ccccc1)C(O)(c1ccccc1)c1ccccc1. The third-order valence-electron chi connectivity index (χ3n) is 6.24. The van der Waals surface area contributed by atoms with E-state index in [9.17, 15) is 5.11 Å². The Hall–Kier alpha value is -3.20. The zero-order valence-electron chi connectivity index (χ0n) is 18.1. The highest BCUT2D eigenvalue weighted by Gasteiger charge is 2.44. The molecule has 0 heterocycles. The molecule has 0 aromatic heterocycles. The summed E-state index contributed by atoms with van der Waals surface area (Å²) < 4.78 is 0. The maximum Gasteiger partial charge on any atom is 0.134 e. The molecule has 0 aliphatic heterocycles. The topological polar surface area (TPSA) is 23.5 Å². The van der Waals surface area contributed by atoms with E-state index in [0.717, 1.165) is 16.7 Å². The van der Waals surface area contributed by atoms with Gasteiger partial charge < -0.3 is 5.11 Å². The van der Waals surface area contributed by atoms with Gasteiger partial charge in [0.05, 0.1) is 6.04 Å². The number of benzene rings is 4. The second-order valence-corrected chi connectivity index (χ2v) is 8.06. The highest BCUT2D eigenvalue weighted by Crippen LogP contribution is 2.46. The highest BCUT2D eigenvalue weighted by molar-refractivity contribution is 5.42. The Morgan fingerprint density at radius 2 is 0.935 bits per heavy atom. The Labute approximate surface area is 185 Å². The van der Waals surface area contributed by atoms with Gasteiger partial charge in [0.25, 0.3) is 0 Å². The quantitative estimate of drug-likeness (QED) is 0.385. The van der Waals surface area contributed by atoms with Crippen molar-refractivity contribution in [3.8, 4) is 0 Å². The molecule has 0 aliphatic carbocycles. The van der Waals surface area contributed by atoms with E-state index in [-0.39, 0.29) is 12.1 Å². The van der Waals surface area contributed by atoms with E-state index in [1.54, 1.807) is 0 Å². The van der Waals surface area contributed by atoms with Crippen molar-refractivity contribution < 1.29 is 5.11 Å². The largest absolute Gasteiger partial charge is 0.378 e. The Balaban J connectivity index is 1.92. The van der Waals surface area contributed by atoms with Gasteiger partial charge >= 0.3 is 0 Å². The molecule has 4 rings (SSSR count). The van der Waals surface area contributed by atoms with Gasteiger partial charge in [-0.15, -0.1) is 0 Å². The van der Waals surface area contributed by atoms with Crippen molar-refractivity contribution in [2.24, 2.45) is 0 Å². The van der Waals surface area contributed by atoms with E-state index in [4.69, 9.17) is 0 Å². The fraction of sp³-hybridized carbons (Fsp3) is 0.172. The Morgan fingerprint density at radius 1 is 0.581 bits per heavy atom. The zero-order chi connectivity index (χ0) is 21.7. The summed E-state index contributed by atoms with van der Waals surface area (Å²) in [6, 6.07) is 40.6. The van der Waals surface area contributed by atoms with Crippen LogP contribution in [0.25, 0.3) is 0 Å². The van der Waals surface area contributed by atoms with Crippen LogP contribution in [-0.4, -0.2) is 17.1 Å². The first-order valence-electron chi connectivity index (χ1n) is 10.8. The van der Waals surface area contributed by atoms with Crippen LogP contribution in [0.3, 0.4) is 0 Å². The van der Waals surface area contributed by atoms with Crippen LogP contribution < -0.4 is 0 Å². The molecule has 2 nitrogen and oxygen atoms in total. The minimum absolute atomic E-state index is 0.102. The number of rotatable bonds is 7. The van der Waals surface area contributed by atoms with Crippen molar-refractivity contribution in [1.29, 1.82) is 0 Å². The Morgan fingerprint density at radius 3 is 1.35 bits per heavy atom. The van der Waals surface area contributed by atoms with Crippen LogP contribution >= 0.6 is 0 Å². The zero-order valence-corrected chi connectivity index (χ0v) is 18.1. The molecule has 31 heavy (non-hydrogen) atoms. The summed E-state index contributed by atoms with van der Waals surface area (Å²) in [5.74, 6) is 0. The van der Waals surface area contributed by atoms with Crippen molar-refractivity contribution >= 4 is 0 Å². The third-order valence-corrected chi connectivity index (χ3v) is 6.24. The summed E-state index contributed by atoms with van der Waals surface area (Å²) in [6.45, 7) is 2.20. The van der Waals surface area contributed by atoms with Gasteiger partial charge in [-0.25, -0.2) is 0 Å². The van der Waals surface area contributed by atoms with Crippen molar-refractivity contribution in [2.75, 3.05) is 7.05 Å². The average molecular weight is 408 g/mol. The van der Waals surface area contributed by atoms with E-state index in [1.807, 2.05) is 84.9 Å². The molecule has 156 valence electrons. The highest BCUT2D eigenvalue weighted by atomic mass is 16.3. The van der Waals surface area contributed by atoms with Crippen LogP contribution in [0.2, 0.25) is 0 Å². The molecular formula is C29H29NO. The van der Waals surface area contributed by atoms with Gasteiger partial charge in [0.15, 0.2) is 0 Å². The van der Waals surface area contributed by atoms with Gasteiger partial charge in [0.1, 0.15) is 5.60 Å². The first kappa shape index (κ1) is 21.0. The second kappa shape index (κ2) is 9.30. The van der Waals surface area contributed by atoms with Crippen LogP contribution in [0.1, 0.15) is 41.3 Å². The molecule has 1 N–H and O–H groups in total. The lowest BCUT2D eigenvalue weighted by Gasteiger charge is -2.45. The molecule has 0 saturated carbocycles. The van der Waals surface area contributed by atoms with Gasteiger partial charge in [-0.05, 0) is 36.2 Å². The molecule has 0 spiro atoms. The second-order valence-electron chi connectivity index (χ2n) is 8.06. The molecule has 0 aliphatic rings. The van der Waals surface area contributed by atoms with Crippen molar-refractivity contribution in [3.63, 3.8) is 0 Å².